The quantitative estimate of drug-likeness (QED) is 0.727. The lowest BCUT2D eigenvalue weighted by Gasteiger charge is -2.43. The van der Waals surface area contributed by atoms with Gasteiger partial charge in [0.1, 0.15) is 6.61 Å². The van der Waals surface area contributed by atoms with Gasteiger partial charge in [0.05, 0.1) is 11.7 Å². The third-order valence-electron chi connectivity index (χ3n) is 6.57. The van der Waals surface area contributed by atoms with Crippen LogP contribution in [-0.2, 0) is 22.1 Å². The van der Waals surface area contributed by atoms with Crippen molar-refractivity contribution >= 4 is 11.8 Å². The van der Waals surface area contributed by atoms with Crippen LogP contribution in [0.1, 0.15) is 36.8 Å². The van der Waals surface area contributed by atoms with Gasteiger partial charge in [0.2, 0.25) is 0 Å². The maximum atomic E-state index is 12.9. The van der Waals surface area contributed by atoms with E-state index in [2.05, 4.69) is 0 Å². The molecule has 3 saturated heterocycles. The van der Waals surface area contributed by atoms with E-state index < -0.39 is 11.7 Å². The molecular weight excluding hydrogens is 397 g/mol. The maximum absolute atomic E-state index is 12.9. The number of benzene rings is 1. The number of fused-ring (bicyclic) bond motifs is 1. The normalized spacial score (nSPS) is 25.9. The van der Waals surface area contributed by atoms with Crippen molar-refractivity contribution in [2.45, 2.75) is 44.4 Å². The summed E-state index contributed by atoms with van der Waals surface area (Å²) in [4.78, 5) is 28.3. The third-order valence-corrected chi connectivity index (χ3v) is 6.57. The van der Waals surface area contributed by atoms with Gasteiger partial charge in [-0.1, -0.05) is 12.1 Å². The van der Waals surface area contributed by atoms with Crippen LogP contribution in [0.4, 0.5) is 18.0 Å². The number of ether oxygens (including phenoxy) is 1. The molecule has 3 aliphatic heterocycles. The summed E-state index contributed by atoms with van der Waals surface area (Å²) in [5.74, 6) is 0.566. The molecule has 3 fully saturated rings. The number of hydrogen-bond donors (Lipinski definition) is 0. The number of carbonyl (C=O) groups is 2. The van der Waals surface area contributed by atoms with Gasteiger partial charge in [-0.25, -0.2) is 4.79 Å². The molecule has 0 aliphatic carbocycles. The van der Waals surface area contributed by atoms with Gasteiger partial charge in [-0.2, -0.15) is 13.2 Å². The number of nitrogens with zero attached hydrogens (tertiary/aromatic N) is 2. The minimum atomic E-state index is -4.31. The number of hydrogen-bond acceptors (Lipinski definition) is 3. The Morgan fingerprint density at radius 2 is 1.70 bits per heavy atom. The van der Waals surface area contributed by atoms with Crippen molar-refractivity contribution in [1.29, 1.82) is 0 Å². The fourth-order valence-electron chi connectivity index (χ4n) is 4.84. The first-order valence-corrected chi connectivity index (χ1v) is 10.6. The number of urea groups is 1. The molecule has 0 radical (unpaired) electrons. The van der Waals surface area contributed by atoms with E-state index in [9.17, 15) is 22.8 Å². The van der Waals surface area contributed by atoms with Crippen LogP contribution in [0.3, 0.4) is 0 Å². The topological polar surface area (TPSA) is 49.9 Å². The molecular formula is C22H27F3N2O3. The summed E-state index contributed by atoms with van der Waals surface area (Å²) in [6.45, 7) is 2.73. The molecule has 0 unspecified atom stereocenters. The molecule has 0 saturated carbocycles. The average Bonchev–Trinajstić information content (AvgIpc) is 2.73. The molecule has 2 atom stereocenters. The predicted octanol–water partition coefficient (Wildman–Crippen LogP) is 3.76. The van der Waals surface area contributed by atoms with Gasteiger partial charge in [0.25, 0.3) is 0 Å². The van der Waals surface area contributed by atoms with Crippen LogP contribution in [0.15, 0.2) is 24.3 Å². The Balaban J connectivity index is 1.26. The van der Waals surface area contributed by atoms with Crippen LogP contribution < -0.4 is 0 Å². The summed E-state index contributed by atoms with van der Waals surface area (Å²) in [5.41, 5.74) is 0.275. The molecule has 3 aliphatic rings. The Morgan fingerprint density at radius 1 is 1.03 bits per heavy atom. The highest BCUT2D eigenvalue weighted by atomic mass is 19.4. The number of Topliss-reactive ketones (excluding diaryl/α,β-unsaturated/α-hetero) is 1. The number of ketones is 1. The Morgan fingerprint density at radius 3 is 2.37 bits per heavy atom. The standard InChI is InChI=1S/C22H27F3N2O3/c23-22(24,25)18-3-1-15(2-4-18)11-16-5-8-26(9-6-16)21(29)27-10-7-20-17(13-27)12-19(28)14-30-20/h1-4,16-17,20H,5-14H2/t17-,20-/m0/s1. The molecule has 0 aromatic heterocycles. The highest BCUT2D eigenvalue weighted by molar-refractivity contribution is 5.81. The predicted molar refractivity (Wildman–Crippen MR) is 104 cm³/mol. The molecule has 0 bridgehead atoms. The Hall–Kier alpha value is -2.09. The fourth-order valence-corrected chi connectivity index (χ4v) is 4.84. The minimum absolute atomic E-state index is 0.0273. The highest BCUT2D eigenvalue weighted by Crippen LogP contribution is 2.31. The first-order chi connectivity index (χ1) is 14.3. The van der Waals surface area contributed by atoms with E-state index in [1.54, 1.807) is 12.1 Å². The van der Waals surface area contributed by atoms with E-state index in [1.807, 2.05) is 9.80 Å². The number of likely N-dealkylation sites (tertiary alicyclic amines) is 2. The molecule has 1 aromatic rings. The minimum Gasteiger partial charge on any atom is -0.370 e. The number of alkyl halides is 3. The van der Waals surface area contributed by atoms with Crippen LogP contribution in [0.2, 0.25) is 0 Å². The van der Waals surface area contributed by atoms with E-state index in [0.717, 1.165) is 43.4 Å². The zero-order chi connectivity index (χ0) is 21.3. The molecule has 8 heteroatoms. The van der Waals surface area contributed by atoms with E-state index in [-0.39, 0.29) is 30.4 Å². The second-order valence-electron chi connectivity index (χ2n) is 8.70. The van der Waals surface area contributed by atoms with Gasteiger partial charge in [-0.15, -0.1) is 0 Å². The first kappa shape index (κ1) is 21.2. The van der Waals surface area contributed by atoms with Crippen molar-refractivity contribution in [3.63, 3.8) is 0 Å². The summed E-state index contributed by atoms with van der Waals surface area (Å²) in [6.07, 6.45) is -0.551. The molecule has 0 N–H and O–H groups in total. The Labute approximate surface area is 174 Å². The number of carbonyl (C=O) groups excluding carboxylic acids is 2. The number of rotatable bonds is 2. The fraction of sp³-hybridized carbons (Fsp3) is 0.636. The highest BCUT2D eigenvalue weighted by Gasteiger charge is 2.38. The van der Waals surface area contributed by atoms with Gasteiger partial charge < -0.3 is 14.5 Å². The lowest BCUT2D eigenvalue weighted by atomic mass is 9.88. The van der Waals surface area contributed by atoms with Crippen molar-refractivity contribution < 1.29 is 27.5 Å². The monoisotopic (exact) mass is 424 g/mol. The van der Waals surface area contributed by atoms with E-state index in [4.69, 9.17) is 4.74 Å². The third kappa shape index (κ3) is 4.79. The second-order valence-corrected chi connectivity index (χ2v) is 8.70. The molecule has 1 aromatic carbocycles. The van der Waals surface area contributed by atoms with Crippen LogP contribution in [-0.4, -0.2) is 60.5 Å². The van der Waals surface area contributed by atoms with Gasteiger partial charge in [0.15, 0.2) is 5.78 Å². The molecule has 164 valence electrons. The molecule has 0 spiro atoms. The Bertz CT molecular complexity index is 773. The van der Waals surface area contributed by atoms with Crippen molar-refractivity contribution in [3.8, 4) is 0 Å². The summed E-state index contributed by atoms with van der Waals surface area (Å²) in [6, 6.07) is 5.41. The molecule has 30 heavy (non-hydrogen) atoms. The summed E-state index contributed by atoms with van der Waals surface area (Å²) in [7, 11) is 0. The second kappa shape index (κ2) is 8.57. The molecule has 3 heterocycles. The Kier molecular flexibility index (Phi) is 6.04. The van der Waals surface area contributed by atoms with Crippen molar-refractivity contribution in [1.82, 2.24) is 9.80 Å². The van der Waals surface area contributed by atoms with E-state index in [1.165, 1.54) is 0 Å². The largest absolute Gasteiger partial charge is 0.416 e. The van der Waals surface area contributed by atoms with Crippen molar-refractivity contribution in [2.24, 2.45) is 11.8 Å². The van der Waals surface area contributed by atoms with Crippen LogP contribution >= 0.6 is 0 Å². The van der Waals surface area contributed by atoms with E-state index in [0.29, 0.717) is 38.5 Å². The zero-order valence-electron chi connectivity index (χ0n) is 16.9. The summed E-state index contributed by atoms with van der Waals surface area (Å²) >= 11 is 0. The average molecular weight is 424 g/mol. The number of amides is 2. The van der Waals surface area contributed by atoms with E-state index >= 15 is 0 Å². The maximum Gasteiger partial charge on any atom is 0.416 e. The number of piperidine rings is 2. The first-order valence-electron chi connectivity index (χ1n) is 10.6. The van der Waals surface area contributed by atoms with Crippen LogP contribution in [0, 0.1) is 11.8 Å². The molecule has 5 nitrogen and oxygen atoms in total. The van der Waals surface area contributed by atoms with Crippen molar-refractivity contribution in [3.05, 3.63) is 35.4 Å². The summed E-state index contributed by atoms with van der Waals surface area (Å²) < 4.78 is 43.7. The smallest absolute Gasteiger partial charge is 0.370 e. The van der Waals surface area contributed by atoms with Gasteiger partial charge >= 0.3 is 12.2 Å². The number of halogens is 3. The van der Waals surface area contributed by atoms with Crippen molar-refractivity contribution in [2.75, 3.05) is 32.8 Å². The van der Waals surface area contributed by atoms with Crippen LogP contribution in [0.25, 0.3) is 0 Å². The molecule has 4 rings (SSSR count). The van der Waals surface area contributed by atoms with Crippen LogP contribution in [0.5, 0.6) is 0 Å². The lowest BCUT2D eigenvalue weighted by Crippen LogP contribution is -2.54. The SMILES string of the molecule is O=C1CO[C@H]2CCN(C(=O)N3CCC(Cc4ccc(C(F)(F)F)cc4)CC3)C[C@@H]2C1. The van der Waals surface area contributed by atoms with Gasteiger partial charge in [-0.3, -0.25) is 4.79 Å². The van der Waals surface area contributed by atoms with Gasteiger partial charge in [0, 0.05) is 38.5 Å². The molecule has 2 amide bonds. The summed E-state index contributed by atoms with van der Waals surface area (Å²) in [5, 5.41) is 0. The zero-order valence-corrected chi connectivity index (χ0v) is 16.9. The lowest BCUT2D eigenvalue weighted by molar-refractivity contribution is -0.140. The van der Waals surface area contributed by atoms with Gasteiger partial charge in [-0.05, 0) is 49.3 Å².